The van der Waals surface area contributed by atoms with Gasteiger partial charge in [0.15, 0.2) is 0 Å². The molecule has 3 rings (SSSR count). The van der Waals surface area contributed by atoms with Gasteiger partial charge in [0.25, 0.3) is 0 Å². The summed E-state index contributed by atoms with van der Waals surface area (Å²) in [6.45, 7) is 0. The molecule has 0 bridgehead atoms. The van der Waals surface area contributed by atoms with Crippen LogP contribution in [-0.2, 0) is 0 Å². The van der Waals surface area contributed by atoms with Crippen molar-refractivity contribution in [3.63, 3.8) is 0 Å². The molecular weight excluding hydrogens is 222 g/mol. The number of aromatic amines is 1. The molecule has 1 aromatic heterocycles. The van der Waals surface area contributed by atoms with Crippen molar-refractivity contribution in [2.24, 2.45) is 0 Å². The van der Waals surface area contributed by atoms with E-state index in [1.165, 1.54) is 30.4 Å². The minimum atomic E-state index is 0.153. The van der Waals surface area contributed by atoms with Crippen LogP contribution in [0.5, 0.6) is 0 Å². The smallest absolute Gasteiger partial charge is 0.127 e. The normalized spacial score (nSPS) is 17.4. The second-order valence-corrected chi connectivity index (χ2v) is 4.99. The molecule has 1 aromatic carbocycles. The highest BCUT2D eigenvalue weighted by Gasteiger charge is 2.21. The van der Waals surface area contributed by atoms with Crippen LogP contribution in [0.2, 0.25) is 0 Å². The number of hydrogen-bond acceptors (Lipinski definition) is 2. The molecule has 3 nitrogen and oxygen atoms in total. The molecule has 1 heterocycles. The van der Waals surface area contributed by atoms with Gasteiger partial charge in [0.2, 0.25) is 0 Å². The Morgan fingerprint density at radius 2 is 2.28 bits per heavy atom. The lowest BCUT2D eigenvalue weighted by atomic mass is 9.79. The predicted octanol–water partition coefficient (Wildman–Crippen LogP) is 2.99. The van der Waals surface area contributed by atoms with Crippen molar-refractivity contribution in [2.45, 2.75) is 31.2 Å². The van der Waals surface area contributed by atoms with Crippen LogP contribution in [0.25, 0.3) is 0 Å². The van der Waals surface area contributed by atoms with E-state index in [0.29, 0.717) is 0 Å². The van der Waals surface area contributed by atoms with Crippen LogP contribution in [0.15, 0.2) is 36.7 Å². The van der Waals surface area contributed by atoms with Crippen LogP contribution in [0, 0.1) is 0 Å². The van der Waals surface area contributed by atoms with Crippen LogP contribution in [0.3, 0.4) is 0 Å². The number of nitrogens with one attached hydrogen (secondary N) is 2. The molecule has 0 aliphatic heterocycles. The first-order valence-corrected chi connectivity index (χ1v) is 6.65. The van der Waals surface area contributed by atoms with Crippen molar-refractivity contribution in [3.05, 3.63) is 53.6 Å². The zero-order valence-electron chi connectivity index (χ0n) is 10.7. The molecule has 18 heavy (non-hydrogen) atoms. The topological polar surface area (TPSA) is 40.7 Å². The lowest BCUT2D eigenvalue weighted by Gasteiger charge is -2.26. The molecule has 1 aliphatic rings. The van der Waals surface area contributed by atoms with E-state index in [0.717, 1.165) is 11.7 Å². The molecule has 1 unspecified atom stereocenters. The highest BCUT2D eigenvalue weighted by atomic mass is 15.0. The number of nitrogens with zero attached hydrogens (tertiary/aromatic N) is 1. The van der Waals surface area contributed by atoms with Gasteiger partial charge in [-0.3, -0.25) is 0 Å². The van der Waals surface area contributed by atoms with Crippen LogP contribution in [0.4, 0.5) is 0 Å². The number of hydrogen-bond donors (Lipinski definition) is 2. The summed E-state index contributed by atoms with van der Waals surface area (Å²) in [4.78, 5) is 7.54. The van der Waals surface area contributed by atoms with Crippen molar-refractivity contribution < 1.29 is 0 Å². The maximum Gasteiger partial charge on any atom is 0.127 e. The lowest BCUT2D eigenvalue weighted by molar-refractivity contribution is 0.419. The molecule has 0 saturated heterocycles. The largest absolute Gasteiger partial charge is 0.347 e. The number of rotatable bonds is 4. The average molecular weight is 241 g/mol. The third kappa shape index (κ3) is 2.06. The number of H-pyrrole nitrogens is 1. The summed E-state index contributed by atoms with van der Waals surface area (Å²) in [5.74, 6) is 1.75. The molecule has 3 heteroatoms. The molecule has 2 aromatic rings. The van der Waals surface area contributed by atoms with Gasteiger partial charge in [0, 0.05) is 12.4 Å². The second-order valence-electron chi connectivity index (χ2n) is 4.99. The summed E-state index contributed by atoms with van der Waals surface area (Å²) in [6, 6.07) is 9.07. The maximum absolute atomic E-state index is 4.35. The van der Waals surface area contributed by atoms with Gasteiger partial charge in [0.05, 0.1) is 6.04 Å². The molecule has 1 atom stereocenters. The van der Waals surface area contributed by atoms with E-state index in [1.807, 2.05) is 13.2 Å². The first kappa shape index (κ1) is 11.5. The van der Waals surface area contributed by atoms with Gasteiger partial charge in [-0.1, -0.05) is 30.7 Å². The molecule has 2 N–H and O–H groups in total. The highest BCUT2D eigenvalue weighted by molar-refractivity contribution is 5.32. The number of aromatic nitrogens is 2. The van der Waals surface area contributed by atoms with Crippen molar-refractivity contribution in [1.29, 1.82) is 0 Å². The first-order chi connectivity index (χ1) is 8.88. The molecule has 1 saturated carbocycles. The van der Waals surface area contributed by atoms with E-state index in [9.17, 15) is 0 Å². The van der Waals surface area contributed by atoms with Gasteiger partial charge < -0.3 is 10.3 Å². The Balaban J connectivity index is 1.90. The third-order valence-corrected chi connectivity index (χ3v) is 3.90. The monoisotopic (exact) mass is 241 g/mol. The summed E-state index contributed by atoms with van der Waals surface area (Å²) in [5.41, 5.74) is 2.77. The van der Waals surface area contributed by atoms with Gasteiger partial charge in [-0.15, -0.1) is 0 Å². The average Bonchev–Trinajstić information content (AvgIpc) is 2.82. The SMILES string of the molecule is CNC(c1cccc(C2CCC2)c1)c1ncc[nH]1. The molecule has 1 aliphatic carbocycles. The highest BCUT2D eigenvalue weighted by Crippen LogP contribution is 2.37. The van der Waals surface area contributed by atoms with E-state index in [-0.39, 0.29) is 6.04 Å². The van der Waals surface area contributed by atoms with Gasteiger partial charge in [-0.25, -0.2) is 4.98 Å². The Hall–Kier alpha value is -1.61. The molecule has 1 fully saturated rings. The maximum atomic E-state index is 4.35. The van der Waals surface area contributed by atoms with Crippen LogP contribution >= 0.6 is 0 Å². The van der Waals surface area contributed by atoms with Crippen molar-refractivity contribution in [2.75, 3.05) is 7.05 Å². The van der Waals surface area contributed by atoms with Crippen molar-refractivity contribution >= 4 is 0 Å². The van der Waals surface area contributed by atoms with E-state index in [2.05, 4.69) is 39.6 Å². The summed E-state index contributed by atoms with van der Waals surface area (Å²) >= 11 is 0. The Labute approximate surface area is 108 Å². The molecule has 0 spiro atoms. The molecule has 0 amide bonds. The fourth-order valence-corrected chi connectivity index (χ4v) is 2.63. The van der Waals surface area contributed by atoms with E-state index in [1.54, 1.807) is 6.20 Å². The zero-order chi connectivity index (χ0) is 12.4. The van der Waals surface area contributed by atoms with E-state index >= 15 is 0 Å². The number of benzene rings is 1. The van der Waals surface area contributed by atoms with Crippen molar-refractivity contribution in [1.82, 2.24) is 15.3 Å². The minimum absolute atomic E-state index is 0.153. The Morgan fingerprint density at radius 3 is 2.89 bits per heavy atom. The fraction of sp³-hybridized carbons (Fsp3) is 0.400. The summed E-state index contributed by atoms with van der Waals surface area (Å²) in [7, 11) is 1.98. The van der Waals surface area contributed by atoms with Gasteiger partial charge in [-0.2, -0.15) is 0 Å². The predicted molar refractivity (Wildman–Crippen MR) is 72.5 cm³/mol. The van der Waals surface area contributed by atoms with Crippen LogP contribution in [-0.4, -0.2) is 17.0 Å². The molecule has 94 valence electrons. The van der Waals surface area contributed by atoms with Crippen LogP contribution < -0.4 is 5.32 Å². The third-order valence-electron chi connectivity index (χ3n) is 3.90. The Bertz CT molecular complexity index is 500. The first-order valence-electron chi connectivity index (χ1n) is 6.65. The Kier molecular flexibility index (Phi) is 3.15. The molecular formula is C15H19N3. The minimum Gasteiger partial charge on any atom is -0.347 e. The standard InChI is InChI=1S/C15H19N3/c1-16-14(15-17-8-9-18-15)13-7-3-6-12(10-13)11-4-2-5-11/h3,6-11,14,16H,2,4-5H2,1H3,(H,17,18). The number of imidazole rings is 1. The summed E-state index contributed by atoms with van der Waals surface area (Å²) in [5, 5.41) is 3.33. The summed E-state index contributed by atoms with van der Waals surface area (Å²) < 4.78 is 0. The zero-order valence-corrected chi connectivity index (χ0v) is 10.7. The molecule has 0 radical (unpaired) electrons. The van der Waals surface area contributed by atoms with E-state index in [4.69, 9.17) is 0 Å². The summed E-state index contributed by atoms with van der Waals surface area (Å²) in [6.07, 6.45) is 7.73. The van der Waals surface area contributed by atoms with Gasteiger partial charge in [-0.05, 0) is 36.9 Å². The van der Waals surface area contributed by atoms with Crippen molar-refractivity contribution in [3.8, 4) is 0 Å². The second kappa shape index (κ2) is 4.94. The fourth-order valence-electron chi connectivity index (χ4n) is 2.63. The quantitative estimate of drug-likeness (QED) is 0.864. The Morgan fingerprint density at radius 1 is 1.39 bits per heavy atom. The van der Waals surface area contributed by atoms with Gasteiger partial charge >= 0.3 is 0 Å². The van der Waals surface area contributed by atoms with E-state index < -0.39 is 0 Å². The van der Waals surface area contributed by atoms with Gasteiger partial charge in [0.1, 0.15) is 5.82 Å². The lowest BCUT2D eigenvalue weighted by Crippen LogP contribution is -2.19. The van der Waals surface area contributed by atoms with Crippen LogP contribution in [0.1, 0.15) is 48.2 Å².